The van der Waals surface area contributed by atoms with Crippen molar-refractivity contribution in [2.24, 2.45) is 4.99 Å². The molecule has 0 bridgehead atoms. The molecule has 2 aromatic heterocycles. The molecule has 1 aliphatic rings. The van der Waals surface area contributed by atoms with E-state index in [1.54, 1.807) is 11.3 Å². The Hall–Kier alpha value is -4.48. The van der Waals surface area contributed by atoms with E-state index in [1.807, 2.05) is 36.5 Å². The van der Waals surface area contributed by atoms with Crippen molar-refractivity contribution in [1.82, 2.24) is 9.88 Å². The van der Waals surface area contributed by atoms with E-state index in [4.69, 9.17) is 4.99 Å². The van der Waals surface area contributed by atoms with Crippen LogP contribution in [0.5, 0.6) is 0 Å². The predicted molar refractivity (Wildman–Crippen MR) is 171 cm³/mol. The van der Waals surface area contributed by atoms with Crippen molar-refractivity contribution in [3.8, 4) is 0 Å². The number of amides is 1. The van der Waals surface area contributed by atoms with Crippen molar-refractivity contribution < 1.29 is 4.79 Å². The number of carbonyl (C=O) groups is 1. The zero-order chi connectivity index (χ0) is 27.6. The molecule has 5 heteroatoms. The lowest BCUT2D eigenvalue weighted by Gasteiger charge is -2.12. The van der Waals surface area contributed by atoms with Crippen LogP contribution in [0.3, 0.4) is 0 Å². The summed E-state index contributed by atoms with van der Waals surface area (Å²) < 4.78 is 2.31. The first-order valence-electron chi connectivity index (χ1n) is 14.3. The van der Waals surface area contributed by atoms with E-state index in [9.17, 15) is 4.79 Å². The molecule has 1 aliphatic carbocycles. The normalized spacial score (nSPS) is 13.2. The summed E-state index contributed by atoms with van der Waals surface area (Å²) in [4.78, 5) is 19.8. The number of benzene rings is 4. The summed E-state index contributed by atoms with van der Waals surface area (Å²) in [5, 5.41) is 7.66. The van der Waals surface area contributed by atoms with Crippen molar-refractivity contribution in [3.63, 3.8) is 0 Å². The summed E-state index contributed by atoms with van der Waals surface area (Å²) in [7, 11) is 0. The first-order valence-corrected chi connectivity index (χ1v) is 15.1. The number of fused-ring (bicyclic) bond motifs is 3. The van der Waals surface area contributed by atoms with Gasteiger partial charge in [-0.2, -0.15) is 0 Å². The minimum absolute atomic E-state index is 0.0289. The third-order valence-corrected chi connectivity index (χ3v) is 9.24. The number of para-hydroxylation sites is 1. The summed E-state index contributed by atoms with van der Waals surface area (Å²) in [5.74, 6) is -0.0289. The van der Waals surface area contributed by atoms with Gasteiger partial charge in [-0.3, -0.25) is 4.79 Å². The van der Waals surface area contributed by atoms with Crippen molar-refractivity contribution in [2.75, 3.05) is 0 Å². The van der Waals surface area contributed by atoms with Crippen molar-refractivity contribution in [2.45, 2.75) is 38.8 Å². The third-order valence-electron chi connectivity index (χ3n) is 8.04. The first kappa shape index (κ1) is 25.5. The molecule has 202 valence electrons. The summed E-state index contributed by atoms with van der Waals surface area (Å²) in [6.45, 7) is 1.28. The number of hydrogen-bond donors (Lipinski definition) is 1. The Morgan fingerprint density at radius 2 is 1.61 bits per heavy atom. The smallest absolute Gasteiger partial charge is 0.254 e. The molecule has 2 heterocycles. The number of aromatic nitrogens is 1. The first-order chi connectivity index (χ1) is 20.2. The van der Waals surface area contributed by atoms with E-state index in [2.05, 4.69) is 82.8 Å². The Bertz CT molecular complexity index is 1890. The molecule has 0 saturated heterocycles. The lowest BCUT2D eigenvalue weighted by atomic mass is 9.95. The van der Waals surface area contributed by atoms with Crippen LogP contribution in [-0.4, -0.2) is 16.7 Å². The average Bonchev–Trinajstić information content (AvgIpc) is 3.57. The number of thiophene rings is 1. The topological polar surface area (TPSA) is 46.4 Å². The van der Waals surface area contributed by atoms with Gasteiger partial charge in [0.15, 0.2) is 0 Å². The maximum absolute atomic E-state index is 13.5. The number of aliphatic imine (C=N–C) groups is 1. The molecule has 0 spiro atoms. The van der Waals surface area contributed by atoms with Gasteiger partial charge >= 0.3 is 0 Å². The van der Waals surface area contributed by atoms with Gasteiger partial charge in [-0.1, -0.05) is 91.0 Å². The van der Waals surface area contributed by atoms with E-state index >= 15 is 0 Å². The van der Waals surface area contributed by atoms with E-state index in [0.717, 1.165) is 52.9 Å². The Labute approximate surface area is 244 Å². The van der Waals surface area contributed by atoms with Gasteiger partial charge in [0, 0.05) is 46.8 Å². The van der Waals surface area contributed by atoms with Crippen molar-refractivity contribution >= 4 is 50.1 Å². The SMILES string of the molecule is O=C(NCc1ccccc1)c1c(N=Cc2cn(Cc3cccc4ccccc34)c3ccccc23)sc2c1CCCC2. The highest BCUT2D eigenvalue weighted by Gasteiger charge is 2.25. The van der Waals surface area contributed by atoms with Gasteiger partial charge < -0.3 is 9.88 Å². The van der Waals surface area contributed by atoms with E-state index in [0.29, 0.717) is 6.54 Å². The van der Waals surface area contributed by atoms with Gasteiger partial charge in [-0.05, 0) is 59.2 Å². The summed E-state index contributed by atoms with van der Waals surface area (Å²) >= 11 is 1.68. The number of rotatable bonds is 7. The molecule has 1 N–H and O–H groups in total. The predicted octanol–water partition coefficient (Wildman–Crippen LogP) is 8.46. The van der Waals surface area contributed by atoms with Crippen LogP contribution in [0.25, 0.3) is 21.7 Å². The number of nitrogens with one attached hydrogen (secondary N) is 1. The van der Waals surface area contributed by atoms with Crippen LogP contribution >= 0.6 is 11.3 Å². The number of carbonyl (C=O) groups excluding carboxylic acids is 1. The fraction of sp³-hybridized carbons (Fsp3) is 0.167. The minimum Gasteiger partial charge on any atom is -0.348 e. The lowest BCUT2D eigenvalue weighted by Crippen LogP contribution is -2.24. The maximum Gasteiger partial charge on any atom is 0.254 e. The van der Waals surface area contributed by atoms with Crippen molar-refractivity contribution in [1.29, 1.82) is 0 Å². The van der Waals surface area contributed by atoms with Crippen molar-refractivity contribution in [3.05, 3.63) is 136 Å². The average molecular weight is 554 g/mol. The molecular formula is C36H31N3OS. The van der Waals surface area contributed by atoms with Crippen LogP contribution in [-0.2, 0) is 25.9 Å². The Balaban J connectivity index is 1.23. The van der Waals surface area contributed by atoms with Gasteiger partial charge in [0.25, 0.3) is 5.91 Å². The van der Waals surface area contributed by atoms with Gasteiger partial charge in [-0.15, -0.1) is 11.3 Å². The standard InChI is InChI=1S/C36H31N3OS/c40-35(37-21-25-11-2-1-3-12-25)34-31-18-7-9-20-33(31)41-36(34)38-22-28-24-39(32-19-8-6-17-30(28)32)23-27-15-10-14-26-13-4-5-16-29(26)27/h1-6,8,10-17,19,22,24H,7,9,18,20-21,23H2,(H,37,40). The molecular weight excluding hydrogens is 522 g/mol. The number of hydrogen-bond acceptors (Lipinski definition) is 3. The molecule has 7 rings (SSSR count). The number of aryl methyl sites for hydroxylation is 1. The van der Waals surface area contributed by atoms with Gasteiger partial charge in [0.1, 0.15) is 5.00 Å². The van der Waals surface area contributed by atoms with Gasteiger partial charge in [0.2, 0.25) is 0 Å². The van der Waals surface area contributed by atoms with E-state index in [1.165, 1.54) is 38.7 Å². The largest absolute Gasteiger partial charge is 0.348 e. The fourth-order valence-electron chi connectivity index (χ4n) is 5.99. The second kappa shape index (κ2) is 11.2. The maximum atomic E-state index is 13.5. The second-order valence-electron chi connectivity index (χ2n) is 10.7. The highest BCUT2D eigenvalue weighted by molar-refractivity contribution is 7.16. The molecule has 41 heavy (non-hydrogen) atoms. The molecule has 0 radical (unpaired) electrons. The second-order valence-corrected chi connectivity index (χ2v) is 11.8. The molecule has 0 atom stereocenters. The monoisotopic (exact) mass is 553 g/mol. The van der Waals surface area contributed by atoms with Gasteiger partial charge in [-0.25, -0.2) is 4.99 Å². The Morgan fingerprint density at radius 3 is 2.51 bits per heavy atom. The van der Waals surface area contributed by atoms with Crippen LogP contribution < -0.4 is 5.32 Å². The summed E-state index contributed by atoms with van der Waals surface area (Å²) in [6.07, 6.45) is 8.40. The van der Waals surface area contributed by atoms with Crippen LogP contribution in [0.15, 0.2) is 108 Å². The molecule has 6 aromatic rings. The van der Waals surface area contributed by atoms with Crippen LogP contribution in [0.1, 0.15) is 50.3 Å². The quantitative estimate of drug-likeness (QED) is 0.198. The Kier molecular flexibility index (Phi) is 6.95. The molecule has 4 aromatic carbocycles. The molecule has 0 fully saturated rings. The van der Waals surface area contributed by atoms with Crippen LogP contribution in [0, 0.1) is 0 Å². The molecule has 0 saturated carbocycles. The summed E-state index contributed by atoms with van der Waals surface area (Å²) in [6, 6.07) is 33.6. The number of nitrogens with zero attached hydrogens (tertiary/aromatic N) is 2. The zero-order valence-corrected chi connectivity index (χ0v) is 23.7. The molecule has 0 unspecified atom stereocenters. The molecule has 4 nitrogen and oxygen atoms in total. The van der Waals surface area contributed by atoms with E-state index < -0.39 is 0 Å². The highest BCUT2D eigenvalue weighted by Crippen LogP contribution is 2.40. The Morgan fingerprint density at radius 1 is 0.854 bits per heavy atom. The van der Waals surface area contributed by atoms with E-state index in [-0.39, 0.29) is 5.91 Å². The molecule has 1 amide bonds. The third kappa shape index (κ3) is 5.09. The van der Waals surface area contributed by atoms with Crippen LogP contribution in [0.2, 0.25) is 0 Å². The summed E-state index contributed by atoms with van der Waals surface area (Å²) in [5.41, 5.74) is 6.56. The highest BCUT2D eigenvalue weighted by atomic mass is 32.1. The lowest BCUT2D eigenvalue weighted by molar-refractivity contribution is 0.0951. The minimum atomic E-state index is -0.0289. The van der Waals surface area contributed by atoms with Crippen LogP contribution in [0.4, 0.5) is 5.00 Å². The molecule has 0 aliphatic heterocycles. The van der Waals surface area contributed by atoms with Gasteiger partial charge in [0.05, 0.1) is 5.56 Å². The fourth-order valence-corrected chi connectivity index (χ4v) is 7.22. The zero-order valence-electron chi connectivity index (χ0n) is 22.8.